The molecule has 0 bridgehead atoms. The number of hydrogen-bond acceptors (Lipinski definition) is 4. The third-order valence-corrected chi connectivity index (χ3v) is 3.98. The summed E-state index contributed by atoms with van der Waals surface area (Å²) in [5.74, 6) is 1.65. The second kappa shape index (κ2) is 4.59. The van der Waals surface area contributed by atoms with Crippen LogP contribution in [0, 0.1) is 5.92 Å². The number of anilines is 1. The third kappa shape index (κ3) is 2.07. The van der Waals surface area contributed by atoms with E-state index in [4.69, 9.17) is 0 Å². The van der Waals surface area contributed by atoms with Crippen molar-refractivity contribution in [3.05, 3.63) is 41.4 Å². The molecule has 1 aliphatic rings. The molecule has 102 valence electrons. The summed E-state index contributed by atoms with van der Waals surface area (Å²) >= 11 is 3.42. The van der Waals surface area contributed by atoms with Gasteiger partial charge in [-0.3, -0.25) is 4.68 Å². The van der Waals surface area contributed by atoms with Gasteiger partial charge in [-0.05, 0) is 22.0 Å². The Morgan fingerprint density at radius 2 is 2.15 bits per heavy atom. The lowest BCUT2D eigenvalue weighted by Gasteiger charge is -2.40. The fraction of sp³-hybridized carbons (Fsp3) is 0.308. The molecule has 3 aromatic heterocycles. The molecule has 1 saturated heterocycles. The van der Waals surface area contributed by atoms with Crippen LogP contribution in [0.15, 0.2) is 41.4 Å². The first-order valence-corrected chi connectivity index (χ1v) is 7.30. The van der Waals surface area contributed by atoms with Crippen molar-refractivity contribution in [2.75, 3.05) is 18.0 Å². The van der Waals surface area contributed by atoms with E-state index in [1.165, 1.54) is 0 Å². The molecule has 0 unspecified atom stereocenters. The fourth-order valence-corrected chi connectivity index (χ4v) is 2.88. The number of nitrogens with zero attached hydrogens (tertiary/aromatic N) is 6. The first kappa shape index (κ1) is 11.9. The fourth-order valence-electron chi connectivity index (χ4n) is 2.55. The van der Waals surface area contributed by atoms with Crippen molar-refractivity contribution in [3.63, 3.8) is 0 Å². The van der Waals surface area contributed by atoms with E-state index in [0.717, 1.165) is 35.6 Å². The minimum absolute atomic E-state index is 0.629. The first-order valence-electron chi connectivity index (χ1n) is 6.51. The predicted molar refractivity (Wildman–Crippen MR) is 78.6 cm³/mol. The van der Waals surface area contributed by atoms with E-state index in [2.05, 4.69) is 36.0 Å². The Morgan fingerprint density at radius 1 is 1.25 bits per heavy atom. The monoisotopic (exact) mass is 332 g/mol. The van der Waals surface area contributed by atoms with Gasteiger partial charge >= 0.3 is 0 Å². The van der Waals surface area contributed by atoms with E-state index < -0.39 is 0 Å². The van der Waals surface area contributed by atoms with Gasteiger partial charge in [-0.2, -0.15) is 10.2 Å². The minimum Gasteiger partial charge on any atom is -0.356 e. The van der Waals surface area contributed by atoms with Crippen molar-refractivity contribution >= 4 is 27.4 Å². The lowest BCUT2D eigenvalue weighted by molar-refractivity contribution is 0.340. The Morgan fingerprint density at radius 3 is 2.95 bits per heavy atom. The smallest absolute Gasteiger partial charge is 0.157 e. The highest BCUT2D eigenvalue weighted by molar-refractivity contribution is 9.10. The van der Waals surface area contributed by atoms with E-state index >= 15 is 0 Å². The first-order chi connectivity index (χ1) is 9.78. The number of halogens is 1. The quantitative estimate of drug-likeness (QED) is 0.734. The zero-order valence-corrected chi connectivity index (χ0v) is 12.3. The third-order valence-electron chi connectivity index (χ3n) is 3.57. The summed E-state index contributed by atoms with van der Waals surface area (Å²) in [6, 6.07) is 3.93. The lowest BCUT2D eigenvalue weighted by atomic mass is 10.0. The van der Waals surface area contributed by atoms with Crippen LogP contribution >= 0.6 is 15.9 Å². The zero-order chi connectivity index (χ0) is 13.5. The van der Waals surface area contributed by atoms with Gasteiger partial charge < -0.3 is 4.90 Å². The molecule has 0 saturated carbocycles. The second-order valence-corrected chi connectivity index (χ2v) is 5.99. The summed E-state index contributed by atoms with van der Waals surface area (Å²) in [5.41, 5.74) is 0.891. The van der Waals surface area contributed by atoms with Crippen molar-refractivity contribution in [2.45, 2.75) is 6.54 Å². The van der Waals surface area contributed by atoms with Crippen LogP contribution in [0.25, 0.3) is 5.65 Å². The molecule has 20 heavy (non-hydrogen) atoms. The highest BCUT2D eigenvalue weighted by Gasteiger charge is 2.28. The molecule has 7 heteroatoms. The van der Waals surface area contributed by atoms with Gasteiger partial charge in [0.2, 0.25) is 0 Å². The lowest BCUT2D eigenvalue weighted by Crippen LogP contribution is -2.49. The standard InChI is InChI=1S/C13H13BrN6/c14-11-5-16-19(9-11)8-10-6-18(7-10)12-2-4-20-13(17-12)1-3-15-20/h1-5,9-10H,6-8H2. The SMILES string of the molecule is Brc1cnn(CC2CN(c3ccn4nccc4n3)C2)c1. The van der Waals surface area contributed by atoms with Crippen molar-refractivity contribution in [1.29, 1.82) is 0 Å². The molecule has 1 aliphatic heterocycles. The number of rotatable bonds is 3. The molecule has 0 amide bonds. The van der Waals surface area contributed by atoms with Crippen molar-refractivity contribution in [2.24, 2.45) is 5.92 Å². The van der Waals surface area contributed by atoms with Crippen LogP contribution in [-0.4, -0.2) is 37.5 Å². The Hall–Kier alpha value is -1.89. The van der Waals surface area contributed by atoms with Crippen LogP contribution in [-0.2, 0) is 6.54 Å². The van der Waals surface area contributed by atoms with Crippen LogP contribution < -0.4 is 4.90 Å². The highest BCUT2D eigenvalue weighted by atomic mass is 79.9. The molecule has 0 radical (unpaired) electrons. The Balaban J connectivity index is 1.42. The van der Waals surface area contributed by atoms with E-state index in [0.29, 0.717) is 5.92 Å². The van der Waals surface area contributed by atoms with Gasteiger partial charge in [-0.1, -0.05) is 0 Å². The summed E-state index contributed by atoms with van der Waals surface area (Å²) in [4.78, 5) is 6.89. The molecule has 0 aromatic carbocycles. The summed E-state index contributed by atoms with van der Waals surface area (Å²) in [6.45, 7) is 3.00. The Labute approximate surface area is 124 Å². The zero-order valence-electron chi connectivity index (χ0n) is 10.7. The van der Waals surface area contributed by atoms with Crippen LogP contribution in [0.5, 0.6) is 0 Å². The molecular weight excluding hydrogens is 320 g/mol. The maximum absolute atomic E-state index is 4.60. The van der Waals surface area contributed by atoms with Gasteiger partial charge in [0.15, 0.2) is 5.65 Å². The number of fused-ring (bicyclic) bond motifs is 1. The normalized spacial score (nSPS) is 15.8. The van der Waals surface area contributed by atoms with Crippen LogP contribution in [0.3, 0.4) is 0 Å². The van der Waals surface area contributed by atoms with Gasteiger partial charge in [-0.25, -0.2) is 9.50 Å². The van der Waals surface area contributed by atoms with Crippen LogP contribution in [0.1, 0.15) is 0 Å². The van der Waals surface area contributed by atoms with Crippen molar-refractivity contribution < 1.29 is 0 Å². The van der Waals surface area contributed by atoms with Gasteiger partial charge in [0.25, 0.3) is 0 Å². The van der Waals surface area contributed by atoms with Gasteiger partial charge in [-0.15, -0.1) is 0 Å². The van der Waals surface area contributed by atoms with Gasteiger partial charge in [0, 0.05) is 44.0 Å². The molecule has 4 heterocycles. The van der Waals surface area contributed by atoms with E-state index in [1.54, 1.807) is 10.7 Å². The molecule has 0 aliphatic carbocycles. The summed E-state index contributed by atoms with van der Waals surface area (Å²) < 4.78 is 4.79. The molecule has 3 aromatic rings. The van der Waals surface area contributed by atoms with Crippen LogP contribution in [0.4, 0.5) is 5.82 Å². The predicted octanol–water partition coefficient (Wildman–Crippen LogP) is 1.82. The maximum atomic E-state index is 4.60. The topological polar surface area (TPSA) is 51.2 Å². The van der Waals surface area contributed by atoms with Gasteiger partial charge in [0.05, 0.1) is 16.9 Å². The van der Waals surface area contributed by atoms with Crippen molar-refractivity contribution in [3.8, 4) is 0 Å². The van der Waals surface area contributed by atoms with Gasteiger partial charge in [0.1, 0.15) is 5.82 Å². The van der Waals surface area contributed by atoms with E-state index in [1.807, 2.05) is 35.4 Å². The molecule has 6 nitrogen and oxygen atoms in total. The summed E-state index contributed by atoms with van der Waals surface area (Å²) in [5, 5.41) is 8.45. The molecule has 1 fully saturated rings. The summed E-state index contributed by atoms with van der Waals surface area (Å²) in [7, 11) is 0. The van der Waals surface area contributed by atoms with E-state index in [-0.39, 0.29) is 0 Å². The average Bonchev–Trinajstić information content (AvgIpc) is 3.01. The highest BCUT2D eigenvalue weighted by Crippen LogP contribution is 2.24. The maximum Gasteiger partial charge on any atom is 0.157 e. The molecule has 0 atom stereocenters. The average molecular weight is 333 g/mol. The van der Waals surface area contributed by atoms with Crippen molar-refractivity contribution in [1.82, 2.24) is 24.4 Å². The Kier molecular flexibility index (Phi) is 2.73. The number of hydrogen-bond donors (Lipinski definition) is 0. The minimum atomic E-state index is 0.629. The Bertz CT molecular complexity index is 742. The molecular formula is C13H13BrN6. The second-order valence-electron chi connectivity index (χ2n) is 5.07. The largest absolute Gasteiger partial charge is 0.356 e. The summed E-state index contributed by atoms with van der Waals surface area (Å²) in [6.07, 6.45) is 7.56. The van der Waals surface area contributed by atoms with Crippen LogP contribution in [0.2, 0.25) is 0 Å². The molecule has 0 spiro atoms. The molecule has 4 rings (SSSR count). The molecule has 0 N–H and O–H groups in total. The van der Waals surface area contributed by atoms with E-state index in [9.17, 15) is 0 Å². The number of aromatic nitrogens is 5.